The Morgan fingerprint density at radius 3 is 2.62 bits per heavy atom. The lowest BCUT2D eigenvalue weighted by atomic mass is 10.1. The Labute approximate surface area is 122 Å². The number of fused-ring (bicyclic) bond motifs is 1. The Morgan fingerprint density at radius 1 is 1.00 bits per heavy atom. The number of nitrogens with zero attached hydrogens (tertiary/aromatic N) is 3. The predicted octanol–water partition coefficient (Wildman–Crippen LogP) is 2.31. The van der Waals surface area contributed by atoms with Crippen molar-refractivity contribution in [2.24, 2.45) is 0 Å². The van der Waals surface area contributed by atoms with E-state index in [1.165, 1.54) is 5.56 Å². The van der Waals surface area contributed by atoms with Crippen LogP contribution in [0.15, 0.2) is 48.7 Å². The van der Waals surface area contributed by atoms with E-state index in [4.69, 9.17) is 9.47 Å². The van der Waals surface area contributed by atoms with Gasteiger partial charge in [0.25, 0.3) is 0 Å². The zero-order valence-electron chi connectivity index (χ0n) is 11.5. The van der Waals surface area contributed by atoms with Gasteiger partial charge in [-0.3, -0.25) is 4.40 Å². The predicted molar refractivity (Wildman–Crippen MR) is 77.8 cm³/mol. The topological polar surface area (TPSA) is 48.7 Å². The first-order valence-electron chi connectivity index (χ1n) is 7.02. The molecule has 0 amide bonds. The van der Waals surface area contributed by atoms with Gasteiger partial charge >= 0.3 is 0 Å². The van der Waals surface area contributed by atoms with Crippen LogP contribution in [-0.4, -0.2) is 34.1 Å². The third kappa shape index (κ3) is 2.41. The van der Waals surface area contributed by atoms with Gasteiger partial charge in [-0.2, -0.15) is 0 Å². The summed E-state index contributed by atoms with van der Waals surface area (Å²) in [5.74, 6) is 0.852. The van der Waals surface area contributed by atoms with Crippen molar-refractivity contribution in [3.05, 3.63) is 54.2 Å². The Balaban J connectivity index is 1.61. The molecule has 5 heteroatoms. The van der Waals surface area contributed by atoms with Crippen molar-refractivity contribution < 1.29 is 9.47 Å². The minimum Gasteiger partial charge on any atom is -0.350 e. The highest BCUT2D eigenvalue weighted by Crippen LogP contribution is 2.20. The molecule has 21 heavy (non-hydrogen) atoms. The van der Waals surface area contributed by atoms with Gasteiger partial charge in [-0.05, 0) is 17.7 Å². The van der Waals surface area contributed by atoms with Crippen LogP contribution < -0.4 is 0 Å². The number of hydrogen-bond acceptors (Lipinski definition) is 4. The lowest BCUT2D eigenvalue weighted by Crippen LogP contribution is -2.10. The molecule has 0 saturated carbocycles. The summed E-state index contributed by atoms with van der Waals surface area (Å²) in [6.45, 7) is 1.38. The minimum atomic E-state index is -0.107. The van der Waals surface area contributed by atoms with Gasteiger partial charge in [0.05, 0.1) is 13.2 Å². The molecule has 1 saturated heterocycles. The van der Waals surface area contributed by atoms with E-state index in [1.54, 1.807) is 0 Å². The van der Waals surface area contributed by atoms with E-state index in [2.05, 4.69) is 34.5 Å². The van der Waals surface area contributed by atoms with Gasteiger partial charge in [0.1, 0.15) is 0 Å². The molecular formula is C16H15N3O2. The molecule has 0 spiro atoms. The Bertz CT molecular complexity index is 746. The fraction of sp³-hybridized carbons (Fsp3) is 0.250. The van der Waals surface area contributed by atoms with Gasteiger partial charge in [0.2, 0.25) is 0 Å². The van der Waals surface area contributed by atoms with E-state index in [0.29, 0.717) is 13.2 Å². The SMILES string of the molecule is c1ccn2c(-c3ccc(CC4OCCO4)cc3)nnc2c1. The van der Waals surface area contributed by atoms with Crippen molar-refractivity contribution >= 4 is 5.65 Å². The lowest BCUT2D eigenvalue weighted by Gasteiger charge is -2.09. The zero-order valence-corrected chi connectivity index (χ0v) is 11.5. The molecule has 3 aromatic rings. The number of hydrogen-bond donors (Lipinski definition) is 0. The third-order valence-corrected chi connectivity index (χ3v) is 3.62. The van der Waals surface area contributed by atoms with Crippen LogP contribution in [0.3, 0.4) is 0 Å². The maximum atomic E-state index is 5.47. The normalized spacial score (nSPS) is 15.8. The van der Waals surface area contributed by atoms with E-state index < -0.39 is 0 Å². The van der Waals surface area contributed by atoms with Gasteiger partial charge in [0.15, 0.2) is 17.8 Å². The number of benzene rings is 1. The second kappa shape index (κ2) is 5.27. The summed E-state index contributed by atoms with van der Waals surface area (Å²) in [6, 6.07) is 14.2. The smallest absolute Gasteiger partial charge is 0.168 e. The fourth-order valence-corrected chi connectivity index (χ4v) is 2.55. The molecule has 1 fully saturated rings. The van der Waals surface area contributed by atoms with Gasteiger partial charge in [0, 0.05) is 18.2 Å². The van der Waals surface area contributed by atoms with Gasteiger partial charge < -0.3 is 9.47 Å². The van der Waals surface area contributed by atoms with Crippen molar-refractivity contribution in [2.75, 3.05) is 13.2 Å². The summed E-state index contributed by atoms with van der Waals surface area (Å²) < 4.78 is 12.9. The molecule has 0 radical (unpaired) electrons. The molecule has 0 bridgehead atoms. The highest BCUT2D eigenvalue weighted by Gasteiger charge is 2.16. The van der Waals surface area contributed by atoms with E-state index in [9.17, 15) is 0 Å². The van der Waals surface area contributed by atoms with E-state index in [1.807, 2.05) is 28.8 Å². The molecule has 5 nitrogen and oxygen atoms in total. The Morgan fingerprint density at radius 2 is 1.81 bits per heavy atom. The highest BCUT2D eigenvalue weighted by atomic mass is 16.7. The molecular weight excluding hydrogens is 266 g/mol. The van der Waals surface area contributed by atoms with Crippen molar-refractivity contribution in [1.29, 1.82) is 0 Å². The van der Waals surface area contributed by atoms with Crippen molar-refractivity contribution in [3.63, 3.8) is 0 Å². The molecule has 3 heterocycles. The molecule has 0 aliphatic carbocycles. The molecule has 1 aliphatic rings. The standard InChI is InChI=1S/C16H15N3O2/c1-2-8-19-14(3-1)17-18-16(19)13-6-4-12(5-7-13)11-15-20-9-10-21-15/h1-8,15H,9-11H2. The molecule has 4 rings (SSSR count). The van der Waals surface area contributed by atoms with Crippen LogP contribution in [0.2, 0.25) is 0 Å². The first-order chi connectivity index (χ1) is 10.4. The summed E-state index contributed by atoms with van der Waals surface area (Å²) in [6.07, 6.45) is 2.64. The maximum absolute atomic E-state index is 5.47. The maximum Gasteiger partial charge on any atom is 0.168 e. The monoisotopic (exact) mass is 281 g/mol. The second-order valence-electron chi connectivity index (χ2n) is 5.02. The molecule has 2 aromatic heterocycles. The van der Waals surface area contributed by atoms with E-state index in [-0.39, 0.29) is 6.29 Å². The number of pyridine rings is 1. The Kier molecular flexibility index (Phi) is 3.14. The number of aromatic nitrogens is 3. The van der Waals surface area contributed by atoms with Crippen LogP contribution in [0, 0.1) is 0 Å². The number of ether oxygens (including phenoxy) is 2. The highest BCUT2D eigenvalue weighted by molar-refractivity contribution is 5.59. The largest absolute Gasteiger partial charge is 0.350 e. The average molecular weight is 281 g/mol. The Hall–Kier alpha value is -2.24. The van der Waals surface area contributed by atoms with Gasteiger partial charge in [-0.15, -0.1) is 10.2 Å². The van der Waals surface area contributed by atoms with Crippen molar-refractivity contribution in [3.8, 4) is 11.4 Å². The zero-order chi connectivity index (χ0) is 14.1. The first-order valence-corrected chi connectivity index (χ1v) is 7.02. The third-order valence-electron chi connectivity index (χ3n) is 3.62. The van der Waals surface area contributed by atoms with Crippen LogP contribution in [0.5, 0.6) is 0 Å². The first kappa shape index (κ1) is 12.5. The lowest BCUT2D eigenvalue weighted by molar-refractivity contribution is -0.0399. The summed E-state index contributed by atoms with van der Waals surface area (Å²) in [7, 11) is 0. The molecule has 106 valence electrons. The van der Waals surface area contributed by atoms with Gasteiger partial charge in [-0.25, -0.2) is 0 Å². The number of rotatable bonds is 3. The summed E-state index contributed by atoms with van der Waals surface area (Å²) >= 11 is 0. The molecule has 0 atom stereocenters. The average Bonchev–Trinajstić information content (AvgIpc) is 3.17. The molecule has 0 unspecified atom stereocenters. The van der Waals surface area contributed by atoms with Crippen LogP contribution in [0.25, 0.3) is 17.0 Å². The van der Waals surface area contributed by atoms with Crippen LogP contribution in [0.1, 0.15) is 5.56 Å². The van der Waals surface area contributed by atoms with E-state index in [0.717, 1.165) is 23.5 Å². The van der Waals surface area contributed by atoms with Crippen LogP contribution in [0.4, 0.5) is 0 Å². The minimum absolute atomic E-state index is 0.107. The molecule has 1 aliphatic heterocycles. The van der Waals surface area contributed by atoms with Crippen LogP contribution >= 0.6 is 0 Å². The summed E-state index contributed by atoms with van der Waals surface area (Å²) in [4.78, 5) is 0. The van der Waals surface area contributed by atoms with Crippen molar-refractivity contribution in [2.45, 2.75) is 12.7 Å². The van der Waals surface area contributed by atoms with Gasteiger partial charge in [-0.1, -0.05) is 30.3 Å². The molecule has 1 aromatic carbocycles. The van der Waals surface area contributed by atoms with E-state index >= 15 is 0 Å². The van der Waals surface area contributed by atoms with Crippen LogP contribution in [-0.2, 0) is 15.9 Å². The quantitative estimate of drug-likeness (QED) is 0.739. The summed E-state index contributed by atoms with van der Waals surface area (Å²) in [5, 5.41) is 8.44. The molecule has 0 N–H and O–H groups in total. The fourth-order valence-electron chi connectivity index (χ4n) is 2.55. The second-order valence-corrected chi connectivity index (χ2v) is 5.02. The summed E-state index contributed by atoms with van der Waals surface area (Å²) in [5.41, 5.74) is 3.09. The van der Waals surface area contributed by atoms with Crippen molar-refractivity contribution in [1.82, 2.24) is 14.6 Å².